The maximum absolute atomic E-state index is 13.6. The Kier molecular flexibility index (Phi) is 4.32. The summed E-state index contributed by atoms with van der Waals surface area (Å²) >= 11 is 0. The van der Waals surface area contributed by atoms with E-state index in [1.165, 1.54) is 13.2 Å². The number of fused-ring (bicyclic) bond motifs is 1. The van der Waals surface area contributed by atoms with Gasteiger partial charge in [0.15, 0.2) is 23.1 Å². The molecule has 0 unspecified atom stereocenters. The van der Waals surface area contributed by atoms with Crippen molar-refractivity contribution in [3.63, 3.8) is 0 Å². The summed E-state index contributed by atoms with van der Waals surface area (Å²) in [7, 11) is 1.41. The maximum atomic E-state index is 13.6. The number of ether oxygens (including phenoxy) is 3. The number of anilines is 1. The summed E-state index contributed by atoms with van der Waals surface area (Å²) in [5, 5.41) is 2.79. The SMILES string of the molecule is COc1ccc(CCC(=O)Nc2ccc3c(c2)OCO3)cc1F. The lowest BCUT2D eigenvalue weighted by atomic mass is 10.1. The number of hydrogen-bond acceptors (Lipinski definition) is 4. The molecule has 2 aromatic rings. The molecule has 3 rings (SSSR count). The van der Waals surface area contributed by atoms with Gasteiger partial charge in [0, 0.05) is 18.2 Å². The minimum absolute atomic E-state index is 0.153. The van der Waals surface area contributed by atoms with Gasteiger partial charge in [-0.2, -0.15) is 0 Å². The van der Waals surface area contributed by atoms with Gasteiger partial charge in [0.1, 0.15) is 0 Å². The van der Waals surface area contributed by atoms with E-state index in [0.29, 0.717) is 23.6 Å². The fourth-order valence-corrected chi connectivity index (χ4v) is 2.32. The number of nitrogens with one attached hydrogen (secondary N) is 1. The Bertz CT molecular complexity index is 733. The maximum Gasteiger partial charge on any atom is 0.231 e. The highest BCUT2D eigenvalue weighted by Gasteiger charge is 2.14. The molecule has 0 atom stereocenters. The normalized spacial score (nSPS) is 12.1. The van der Waals surface area contributed by atoms with Crippen molar-refractivity contribution in [1.29, 1.82) is 0 Å². The topological polar surface area (TPSA) is 56.8 Å². The number of benzene rings is 2. The highest BCUT2D eigenvalue weighted by atomic mass is 19.1. The second-order valence-electron chi connectivity index (χ2n) is 5.09. The van der Waals surface area contributed by atoms with E-state index in [-0.39, 0.29) is 24.9 Å². The van der Waals surface area contributed by atoms with Crippen LogP contribution >= 0.6 is 0 Å². The summed E-state index contributed by atoms with van der Waals surface area (Å²) < 4.78 is 28.9. The van der Waals surface area contributed by atoms with E-state index in [1.54, 1.807) is 30.3 Å². The molecule has 0 aromatic heterocycles. The molecule has 0 fully saturated rings. The van der Waals surface area contributed by atoms with Gasteiger partial charge in [-0.3, -0.25) is 4.79 Å². The van der Waals surface area contributed by atoms with Gasteiger partial charge >= 0.3 is 0 Å². The molecule has 0 spiro atoms. The summed E-state index contributed by atoms with van der Waals surface area (Å²) in [4.78, 5) is 12.0. The van der Waals surface area contributed by atoms with Crippen molar-refractivity contribution in [3.8, 4) is 17.2 Å². The number of halogens is 1. The molecular formula is C17H16FNO4. The Balaban J connectivity index is 1.56. The lowest BCUT2D eigenvalue weighted by molar-refractivity contribution is -0.116. The van der Waals surface area contributed by atoms with E-state index < -0.39 is 5.82 Å². The van der Waals surface area contributed by atoms with Crippen LogP contribution in [0.15, 0.2) is 36.4 Å². The fraction of sp³-hybridized carbons (Fsp3) is 0.235. The highest BCUT2D eigenvalue weighted by molar-refractivity contribution is 5.91. The first-order chi connectivity index (χ1) is 11.2. The largest absolute Gasteiger partial charge is 0.494 e. The van der Waals surface area contributed by atoms with Gasteiger partial charge in [0.25, 0.3) is 0 Å². The quantitative estimate of drug-likeness (QED) is 0.920. The Hall–Kier alpha value is -2.76. The van der Waals surface area contributed by atoms with Gasteiger partial charge in [-0.25, -0.2) is 4.39 Å². The Morgan fingerprint density at radius 1 is 1.22 bits per heavy atom. The van der Waals surface area contributed by atoms with Crippen LogP contribution in [0.25, 0.3) is 0 Å². The van der Waals surface area contributed by atoms with Crippen LogP contribution in [0.1, 0.15) is 12.0 Å². The molecule has 5 nitrogen and oxygen atoms in total. The predicted octanol–water partition coefficient (Wildman–Crippen LogP) is 3.13. The molecule has 1 heterocycles. The van der Waals surface area contributed by atoms with Crippen LogP contribution in [0.5, 0.6) is 17.2 Å². The second-order valence-corrected chi connectivity index (χ2v) is 5.09. The van der Waals surface area contributed by atoms with Crippen molar-refractivity contribution in [3.05, 3.63) is 47.8 Å². The first kappa shape index (κ1) is 15.1. The summed E-state index contributed by atoms with van der Waals surface area (Å²) in [6, 6.07) is 9.89. The molecule has 120 valence electrons. The molecule has 0 saturated heterocycles. The number of methoxy groups -OCH3 is 1. The first-order valence-corrected chi connectivity index (χ1v) is 7.17. The molecule has 1 amide bonds. The summed E-state index contributed by atoms with van der Waals surface area (Å²) in [5.41, 5.74) is 1.38. The van der Waals surface area contributed by atoms with Crippen molar-refractivity contribution in [2.24, 2.45) is 0 Å². The zero-order valence-corrected chi connectivity index (χ0v) is 12.6. The van der Waals surface area contributed by atoms with Crippen molar-refractivity contribution in [1.82, 2.24) is 0 Å². The molecule has 0 saturated carbocycles. The van der Waals surface area contributed by atoms with Gasteiger partial charge < -0.3 is 19.5 Å². The van der Waals surface area contributed by atoms with Gasteiger partial charge in [0.05, 0.1) is 7.11 Å². The van der Waals surface area contributed by atoms with E-state index in [0.717, 1.165) is 5.56 Å². The van der Waals surface area contributed by atoms with Crippen LogP contribution in [-0.2, 0) is 11.2 Å². The molecule has 0 aliphatic carbocycles. The van der Waals surface area contributed by atoms with Gasteiger partial charge in [-0.15, -0.1) is 0 Å². The second kappa shape index (κ2) is 6.56. The zero-order valence-electron chi connectivity index (χ0n) is 12.6. The van der Waals surface area contributed by atoms with Crippen LogP contribution in [0.4, 0.5) is 10.1 Å². The van der Waals surface area contributed by atoms with Crippen molar-refractivity contribution in [2.75, 3.05) is 19.2 Å². The molecular weight excluding hydrogens is 301 g/mol. The summed E-state index contributed by atoms with van der Waals surface area (Å²) in [5.74, 6) is 0.886. The standard InChI is InChI=1S/C17H16FNO4/c1-21-14-5-2-11(8-13(14)18)3-7-17(20)19-12-4-6-15-16(9-12)23-10-22-15/h2,4-6,8-9H,3,7,10H2,1H3,(H,19,20). The van der Waals surface area contributed by atoms with Crippen molar-refractivity contribution < 1.29 is 23.4 Å². The zero-order chi connectivity index (χ0) is 16.2. The van der Waals surface area contributed by atoms with Crippen LogP contribution in [0.3, 0.4) is 0 Å². The van der Waals surface area contributed by atoms with Crippen LogP contribution in [0.2, 0.25) is 0 Å². The number of hydrogen-bond donors (Lipinski definition) is 1. The third-order valence-corrected chi connectivity index (χ3v) is 3.51. The van der Waals surface area contributed by atoms with E-state index in [9.17, 15) is 9.18 Å². The Morgan fingerprint density at radius 3 is 2.83 bits per heavy atom. The molecule has 2 aromatic carbocycles. The van der Waals surface area contributed by atoms with Crippen LogP contribution < -0.4 is 19.5 Å². The number of carbonyl (C=O) groups excluding carboxylic acids is 1. The number of rotatable bonds is 5. The lowest BCUT2D eigenvalue weighted by Crippen LogP contribution is -2.12. The number of amides is 1. The smallest absolute Gasteiger partial charge is 0.231 e. The van der Waals surface area contributed by atoms with E-state index >= 15 is 0 Å². The van der Waals surface area contributed by atoms with E-state index in [1.807, 2.05) is 0 Å². The molecule has 1 aliphatic heterocycles. The summed E-state index contributed by atoms with van der Waals surface area (Å²) in [6.07, 6.45) is 0.692. The Morgan fingerprint density at radius 2 is 2.04 bits per heavy atom. The summed E-state index contributed by atoms with van der Waals surface area (Å²) in [6.45, 7) is 0.190. The van der Waals surface area contributed by atoms with Gasteiger partial charge in [-0.05, 0) is 36.2 Å². The molecule has 0 radical (unpaired) electrons. The van der Waals surface area contributed by atoms with Crippen LogP contribution in [-0.4, -0.2) is 19.8 Å². The molecule has 1 N–H and O–H groups in total. The van der Waals surface area contributed by atoms with Crippen LogP contribution in [0, 0.1) is 5.82 Å². The monoisotopic (exact) mass is 317 g/mol. The number of carbonyl (C=O) groups is 1. The lowest BCUT2D eigenvalue weighted by Gasteiger charge is -2.07. The third-order valence-electron chi connectivity index (χ3n) is 3.51. The molecule has 0 bridgehead atoms. The van der Waals surface area contributed by atoms with Crippen molar-refractivity contribution >= 4 is 11.6 Å². The van der Waals surface area contributed by atoms with Crippen molar-refractivity contribution in [2.45, 2.75) is 12.8 Å². The molecule has 23 heavy (non-hydrogen) atoms. The van der Waals surface area contributed by atoms with E-state index in [2.05, 4.69) is 5.32 Å². The first-order valence-electron chi connectivity index (χ1n) is 7.17. The van der Waals surface area contributed by atoms with E-state index in [4.69, 9.17) is 14.2 Å². The molecule has 6 heteroatoms. The minimum atomic E-state index is -0.429. The van der Waals surface area contributed by atoms with Gasteiger partial charge in [-0.1, -0.05) is 6.07 Å². The fourth-order valence-electron chi connectivity index (χ4n) is 2.32. The third kappa shape index (κ3) is 3.53. The average Bonchev–Trinajstić information content (AvgIpc) is 3.01. The van der Waals surface area contributed by atoms with Gasteiger partial charge in [0.2, 0.25) is 12.7 Å². The Labute approximate surface area is 133 Å². The average molecular weight is 317 g/mol. The number of aryl methyl sites for hydroxylation is 1. The predicted molar refractivity (Wildman–Crippen MR) is 82.5 cm³/mol. The molecule has 1 aliphatic rings. The minimum Gasteiger partial charge on any atom is -0.494 e. The highest BCUT2D eigenvalue weighted by Crippen LogP contribution is 2.34.